The Morgan fingerprint density at radius 2 is 2.00 bits per heavy atom. The molecule has 0 aliphatic carbocycles. The Morgan fingerprint density at radius 1 is 1.31 bits per heavy atom. The Bertz CT molecular complexity index is 1010. The third kappa shape index (κ3) is 3.57. The number of sulfone groups is 1. The molecule has 132 valence electrons. The van der Waals surface area contributed by atoms with Crippen molar-refractivity contribution >= 4 is 21.3 Å². The fourth-order valence-corrected chi connectivity index (χ4v) is 3.77. The Hall–Kier alpha value is -1.68. The number of rotatable bonds is 4. The van der Waals surface area contributed by atoms with Crippen molar-refractivity contribution < 1.29 is 52.7 Å². The second-order valence-corrected chi connectivity index (χ2v) is 7.80. The van der Waals surface area contributed by atoms with Crippen LogP contribution < -0.4 is 34.7 Å². The molecule has 1 aliphatic heterocycles. The van der Waals surface area contributed by atoms with E-state index in [0.717, 1.165) is 10.9 Å². The van der Waals surface area contributed by atoms with E-state index < -0.39 is 21.5 Å². The van der Waals surface area contributed by atoms with Gasteiger partial charge < -0.3 is 9.94 Å². The number of carbonyl (C=O) groups excluding carboxylic acids is 1. The molecule has 0 spiro atoms. The van der Waals surface area contributed by atoms with Crippen molar-refractivity contribution in [3.63, 3.8) is 0 Å². The molecule has 0 saturated heterocycles. The van der Waals surface area contributed by atoms with Gasteiger partial charge in [-0.05, 0) is 30.5 Å². The van der Waals surface area contributed by atoms with Crippen molar-refractivity contribution in [1.82, 2.24) is 9.78 Å². The quantitative estimate of drug-likeness (QED) is 0.427. The van der Waals surface area contributed by atoms with Crippen LogP contribution in [-0.2, 0) is 21.7 Å². The molecule has 10 heteroatoms. The number of oxime groups is 1. The van der Waals surface area contributed by atoms with Crippen molar-refractivity contribution in [2.75, 3.05) is 12.9 Å². The molecule has 1 aromatic heterocycles. The summed E-state index contributed by atoms with van der Waals surface area (Å²) in [6, 6.07) is 2.78. The van der Waals surface area contributed by atoms with Gasteiger partial charge in [0.2, 0.25) is 0 Å². The second-order valence-electron chi connectivity index (χ2n) is 5.82. The van der Waals surface area contributed by atoms with Gasteiger partial charge in [-0.15, -0.1) is 0 Å². The number of hydrogen-bond acceptors (Lipinski definition) is 7. The molecule has 8 nitrogen and oxygen atoms in total. The van der Waals surface area contributed by atoms with Crippen LogP contribution in [0, 0.1) is 6.92 Å². The number of aryl methyl sites for hydroxylation is 1. The molecule has 1 aromatic carbocycles. The first-order chi connectivity index (χ1) is 11.7. The molecule has 0 saturated carbocycles. The maximum atomic E-state index is 12.8. The number of nitrogens with zero attached hydrogens (tertiary/aromatic N) is 3. The molecular formula is C16H16N3NaO5S. The number of carbonyl (C=O) groups is 1. The SMILES string of the molecule is Cc1c(C(=O)c2cnn(C)c2[O-])ccc(S(C)(=O)=O)c1C1=NOCC1.[Na+]. The van der Waals surface area contributed by atoms with E-state index in [-0.39, 0.29) is 45.6 Å². The zero-order valence-corrected chi connectivity index (χ0v) is 17.8. The minimum Gasteiger partial charge on any atom is -0.858 e. The van der Waals surface area contributed by atoms with Gasteiger partial charge in [-0.3, -0.25) is 9.48 Å². The number of ketones is 1. The predicted octanol–water partition coefficient (Wildman–Crippen LogP) is -2.43. The Kier molecular flexibility index (Phi) is 5.96. The van der Waals surface area contributed by atoms with Gasteiger partial charge in [-0.2, -0.15) is 5.10 Å². The first kappa shape index (κ1) is 20.6. The van der Waals surface area contributed by atoms with E-state index in [4.69, 9.17) is 4.84 Å². The summed E-state index contributed by atoms with van der Waals surface area (Å²) in [5.74, 6) is -1.00. The van der Waals surface area contributed by atoms with Crippen molar-refractivity contribution in [2.45, 2.75) is 18.2 Å². The van der Waals surface area contributed by atoms with Gasteiger partial charge >= 0.3 is 29.6 Å². The summed E-state index contributed by atoms with van der Waals surface area (Å²) in [6.07, 6.45) is 2.76. The summed E-state index contributed by atoms with van der Waals surface area (Å²) >= 11 is 0. The Morgan fingerprint density at radius 3 is 2.50 bits per heavy atom. The van der Waals surface area contributed by atoms with E-state index in [0.29, 0.717) is 29.9 Å². The van der Waals surface area contributed by atoms with Gasteiger partial charge in [0.05, 0.1) is 22.4 Å². The number of aromatic nitrogens is 2. The molecule has 1 aliphatic rings. The first-order valence-electron chi connectivity index (χ1n) is 7.48. The molecule has 3 rings (SSSR count). The molecule has 0 amide bonds. The summed E-state index contributed by atoms with van der Waals surface area (Å²) in [5, 5.41) is 19.7. The topological polar surface area (TPSA) is 114 Å². The fraction of sp³-hybridized carbons (Fsp3) is 0.312. The molecule has 0 bridgehead atoms. The van der Waals surface area contributed by atoms with Gasteiger partial charge in [-0.25, -0.2) is 8.42 Å². The fourth-order valence-electron chi connectivity index (χ4n) is 2.81. The first-order valence-corrected chi connectivity index (χ1v) is 9.37. The van der Waals surface area contributed by atoms with Crippen LogP contribution in [0.3, 0.4) is 0 Å². The molecule has 0 atom stereocenters. The van der Waals surface area contributed by atoms with Crippen LogP contribution in [0.5, 0.6) is 5.88 Å². The van der Waals surface area contributed by atoms with E-state index in [1.54, 1.807) is 6.92 Å². The van der Waals surface area contributed by atoms with Gasteiger partial charge in [0.15, 0.2) is 15.6 Å². The van der Waals surface area contributed by atoms with Crippen molar-refractivity contribution in [2.24, 2.45) is 12.2 Å². The number of hydrogen-bond donors (Lipinski definition) is 0. The van der Waals surface area contributed by atoms with Gasteiger partial charge in [0.25, 0.3) is 0 Å². The molecular weight excluding hydrogens is 369 g/mol. The van der Waals surface area contributed by atoms with Crippen LogP contribution in [0.2, 0.25) is 0 Å². The van der Waals surface area contributed by atoms with Crippen molar-refractivity contribution in [3.05, 3.63) is 40.6 Å². The molecule has 2 heterocycles. The van der Waals surface area contributed by atoms with E-state index in [1.807, 2.05) is 0 Å². The predicted molar refractivity (Wildman–Crippen MR) is 87.5 cm³/mol. The molecule has 0 fully saturated rings. The Balaban J connectivity index is 0.00000243. The van der Waals surface area contributed by atoms with Gasteiger partial charge in [0, 0.05) is 30.9 Å². The number of benzene rings is 1. The van der Waals surface area contributed by atoms with Crippen LogP contribution in [0.15, 0.2) is 28.4 Å². The summed E-state index contributed by atoms with van der Waals surface area (Å²) in [5.41, 5.74) is 1.46. The maximum absolute atomic E-state index is 12.8. The summed E-state index contributed by atoms with van der Waals surface area (Å²) in [6.45, 7) is 1.99. The smallest absolute Gasteiger partial charge is 0.858 e. The minimum atomic E-state index is -3.53. The third-order valence-corrected chi connectivity index (χ3v) is 5.23. The summed E-state index contributed by atoms with van der Waals surface area (Å²) in [7, 11) is -2.08. The minimum absolute atomic E-state index is 0. The summed E-state index contributed by atoms with van der Waals surface area (Å²) in [4.78, 5) is 17.8. The van der Waals surface area contributed by atoms with Crippen LogP contribution in [0.25, 0.3) is 0 Å². The monoisotopic (exact) mass is 385 g/mol. The molecule has 2 aromatic rings. The molecule has 0 unspecified atom stereocenters. The molecule has 26 heavy (non-hydrogen) atoms. The van der Waals surface area contributed by atoms with E-state index >= 15 is 0 Å². The van der Waals surface area contributed by atoms with Gasteiger partial charge in [-0.1, -0.05) is 5.16 Å². The van der Waals surface area contributed by atoms with E-state index in [1.165, 1.54) is 25.4 Å². The summed E-state index contributed by atoms with van der Waals surface area (Å²) < 4.78 is 25.3. The zero-order chi connectivity index (χ0) is 18.4. The van der Waals surface area contributed by atoms with Gasteiger partial charge in [0.1, 0.15) is 6.61 Å². The standard InChI is InChI=1S/C16H17N3O5S.Na/c1-9-10(15(20)11-8-17-19(2)16(11)21)4-5-13(25(3,22)23)14(9)12-6-7-24-18-12;/h4-5,8,21H,6-7H2,1-3H3;/q;+1/p-1. The second kappa shape index (κ2) is 7.51. The van der Waals surface area contributed by atoms with Crippen LogP contribution in [0.4, 0.5) is 0 Å². The Labute approximate surface area is 173 Å². The van der Waals surface area contributed by atoms with Crippen molar-refractivity contribution in [1.29, 1.82) is 0 Å². The average Bonchev–Trinajstić information content (AvgIpc) is 3.17. The maximum Gasteiger partial charge on any atom is 1.00 e. The van der Waals surface area contributed by atoms with Crippen molar-refractivity contribution in [3.8, 4) is 5.88 Å². The normalized spacial score (nSPS) is 13.7. The largest absolute Gasteiger partial charge is 1.00 e. The van der Waals surface area contributed by atoms with E-state index in [9.17, 15) is 18.3 Å². The van der Waals surface area contributed by atoms with E-state index in [2.05, 4.69) is 10.3 Å². The van der Waals surface area contributed by atoms with Crippen LogP contribution >= 0.6 is 0 Å². The molecule has 0 N–H and O–H groups in total. The zero-order valence-electron chi connectivity index (χ0n) is 14.9. The van der Waals surface area contributed by atoms with Crippen LogP contribution in [0.1, 0.15) is 33.5 Å². The van der Waals surface area contributed by atoms with Crippen LogP contribution in [-0.4, -0.2) is 42.6 Å². The average molecular weight is 385 g/mol. The third-order valence-electron chi connectivity index (χ3n) is 4.09. The molecule has 0 radical (unpaired) electrons.